The van der Waals surface area contributed by atoms with Gasteiger partial charge >= 0.3 is 0 Å². The molecule has 0 amide bonds. The maximum Gasteiger partial charge on any atom is 0.0317 e. The second kappa shape index (κ2) is 3.96. The highest BCUT2D eigenvalue weighted by atomic mass is 14.3. The fourth-order valence-corrected chi connectivity index (χ4v) is 3.39. The van der Waals surface area contributed by atoms with Crippen LogP contribution < -0.4 is 0 Å². The van der Waals surface area contributed by atoms with E-state index in [0.717, 1.165) is 6.42 Å². The molecule has 0 N–H and O–H groups in total. The first-order valence-corrected chi connectivity index (χ1v) is 6.90. The van der Waals surface area contributed by atoms with Gasteiger partial charge in [-0.3, -0.25) is 0 Å². The Labute approximate surface area is 114 Å². The van der Waals surface area contributed by atoms with Gasteiger partial charge in [0.2, 0.25) is 0 Å². The summed E-state index contributed by atoms with van der Waals surface area (Å²) in [6, 6.07) is 15.7. The average Bonchev–Trinajstić information content (AvgIpc) is 3.04. The molecule has 1 unspecified atom stereocenters. The quantitative estimate of drug-likeness (QED) is 0.662. The van der Waals surface area contributed by atoms with E-state index in [0.29, 0.717) is 5.92 Å². The fraction of sp³-hybridized carbons (Fsp3) is 0.158. The lowest BCUT2D eigenvalue weighted by atomic mass is 9.88. The molecule has 0 aliphatic heterocycles. The molecule has 0 aromatic heterocycles. The number of hydrogen-bond donors (Lipinski definition) is 0. The Balaban J connectivity index is 1.98. The zero-order valence-electron chi connectivity index (χ0n) is 11.1. The lowest BCUT2D eigenvalue weighted by Crippen LogP contribution is -1.99. The van der Waals surface area contributed by atoms with Crippen LogP contribution in [0.5, 0.6) is 0 Å². The third kappa shape index (κ3) is 1.53. The van der Waals surface area contributed by atoms with E-state index in [-0.39, 0.29) is 0 Å². The monoisotopic (exact) mass is 244 g/mol. The van der Waals surface area contributed by atoms with Gasteiger partial charge in [0.05, 0.1) is 0 Å². The predicted molar refractivity (Wildman–Crippen MR) is 80.3 cm³/mol. The fourth-order valence-electron chi connectivity index (χ4n) is 3.39. The van der Waals surface area contributed by atoms with E-state index < -0.39 is 0 Å². The normalized spacial score (nSPS) is 19.2. The first-order valence-electron chi connectivity index (χ1n) is 6.90. The van der Waals surface area contributed by atoms with Gasteiger partial charge in [-0.05, 0) is 35.6 Å². The Morgan fingerprint density at radius 2 is 1.79 bits per heavy atom. The van der Waals surface area contributed by atoms with E-state index in [4.69, 9.17) is 0 Å². The van der Waals surface area contributed by atoms with Gasteiger partial charge in [0.1, 0.15) is 0 Å². The highest BCUT2D eigenvalue weighted by Crippen LogP contribution is 2.49. The van der Waals surface area contributed by atoms with Crippen molar-refractivity contribution in [3.8, 4) is 11.1 Å². The molecule has 2 aromatic rings. The van der Waals surface area contributed by atoms with Gasteiger partial charge in [0.25, 0.3) is 0 Å². The molecule has 2 aliphatic carbocycles. The number of hydrogen-bond acceptors (Lipinski definition) is 0. The smallest absolute Gasteiger partial charge is 0.0317 e. The van der Waals surface area contributed by atoms with Crippen molar-refractivity contribution >= 4 is 0 Å². The summed E-state index contributed by atoms with van der Waals surface area (Å²) in [5.74, 6) is 0.460. The van der Waals surface area contributed by atoms with E-state index in [1.54, 1.807) is 0 Å². The zero-order chi connectivity index (χ0) is 12.8. The molecule has 0 heteroatoms. The van der Waals surface area contributed by atoms with Crippen LogP contribution in [0.2, 0.25) is 0 Å². The number of aryl methyl sites for hydroxylation is 1. The minimum Gasteiger partial charge on any atom is -0.0804 e. The molecule has 0 saturated heterocycles. The summed E-state index contributed by atoms with van der Waals surface area (Å²) in [5.41, 5.74) is 8.65. The second-order valence-corrected chi connectivity index (χ2v) is 5.48. The van der Waals surface area contributed by atoms with Crippen molar-refractivity contribution in [2.45, 2.75) is 19.3 Å². The SMILES string of the molecule is Cc1ccc2c(c1)-c1ccccc1C2C1=CC=CC1. The molecule has 92 valence electrons. The second-order valence-electron chi connectivity index (χ2n) is 5.48. The molecular formula is C19H16. The van der Waals surface area contributed by atoms with Crippen molar-refractivity contribution in [2.24, 2.45) is 0 Å². The van der Waals surface area contributed by atoms with Crippen LogP contribution in [0, 0.1) is 6.92 Å². The van der Waals surface area contributed by atoms with Gasteiger partial charge in [-0.25, -0.2) is 0 Å². The van der Waals surface area contributed by atoms with Crippen molar-refractivity contribution in [3.05, 3.63) is 83.0 Å². The molecule has 19 heavy (non-hydrogen) atoms. The van der Waals surface area contributed by atoms with Gasteiger partial charge in [0, 0.05) is 5.92 Å². The van der Waals surface area contributed by atoms with Gasteiger partial charge in [-0.15, -0.1) is 0 Å². The lowest BCUT2D eigenvalue weighted by molar-refractivity contribution is 0.947. The van der Waals surface area contributed by atoms with E-state index in [1.807, 2.05) is 0 Å². The Bertz CT molecular complexity index is 717. The molecule has 0 heterocycles. The van der Waals surface area contributed by atoms with E-state index in [2.05, 4.69) is 67.6 Å². The Morgan fingerprint density at radius 1 is 0.947 bits per heavy atom. The van der Waals surface area contributed by atoms with Crippen LogP contribution in [-0.2, 0) is 0 Å². The summed E-state index contributed by atoms with van der Waals surface area (Å²) < 4.78 is 0. The van der Waals surface area contributed by atoms with Gasteiger partial charge in [-0.2, -0.15) is 0 Å². The Morgan fingerprint density at radius 3 is 2.63 bits per heavy atom. The minimum atomic E-state index is 0.460. The van der Waals surface area contributed by atoms with E-state index >= 15 is 0 Å². The van der Waals surface area contributed by atoms with Crippen molar-refractivity contribution in [3.63, 3.8) is 0 Å². The molecule has 2 aliphatic rings. The van der Waals surface area contributed by atoms with Crippen LogP contribution in [0.25, 0.3) is 11.1 Å². The summed E-state index contributed by atoms with van der Waals surface area (Å²) in [7, 11) is 0. The highest BCUT2D eigenvalue weighted by molar-refractivity contribution is 5.81. The van der Waals surface area contributed by atoms with Crippen molar-refractivity contribution in [2.75, 3.05) is 0 Å². The van der Waals surface area contributed by atoms with Crippen LogP contribution >= 0.6 is 0 Å². The molecule has 0 spiro atoms. The van der Waals surface area contributed by atoms with Crippen molar-refractivity contribution in [1.82, 2.24) is 0 Å². The van der Waals surface area contributed by atoms with Crippen molar-refractivity contribution < 1.29 is 0 Å². The summed E-state index contributed by atoms with van der Waals surface area (Å²) in [4.78, 5) is 0. The molecule has 2 aromatic carbocycles. The molecule has 4 rings (SSSR count). The largest absolute Gasteiger partial charge is 0.0804 e. The highest BCUT2D eigenvalue weighted by Gasteiger charge is 2.30. The van der Waals surface area contributed by atoms with E-state index in [9.17, 15) is 0 Å². The Hall–Kier alpha value is -2.08. The van der Waals surface area contributed by atoms with Crippen LogP contribution in [0.4, 0.5) is 0 Å². The molecule has 0 bridgehead atoms. The maximum atomic E-state index is 2.33. The van der Waals surface area contributed by atoms with Crippen LogP contribution in [-0.4, -0.2) is 0 Å². The van der Waals surface area contributed by atoms with E-state index in [1.165, 1.54) is 33.4 Å². The average molecular weight is 244 g/mol. The summed E-state index contributed by atoms with van der Waals surface area (Å²) in [6.07, 6.45) is 7.82. The number of rotatable bonds is 1. The standard InChI is InChI=1S/C19H16/c1-13-10-11-17-18(12-13)15-8-4-5-9-16(15)19(17)14-6-2-3-7-14/h2-6,8-12,19H,7H2,1H3. The third-order valence-electron chi connectivity index (χ3n) is 4.25. The molecule has 0 radical (unpaired) electrons. The summed E-state index contributed by atoms with van der Waals surface area (Å²) in [5, 5.41) is 0. The third-order valence-corrected chi connectivity index (χ3v) is 4.25. The van der Waals surface area contributed by atoms with Gasteiger partial charge < -0.3 is 0 Å². The molecular weight excluding hydrogens is 228 g/mol. The first kappa shape index (κ1) is 10.8. The Kier molecular flexibility index (Phi) is 2.25. The molecule has 0 fully saturated rings. The first-order chi connectivity index (χ1) is 9.34. The number of fused-ring (bicyclic) bond motifs is 3. The minimum absolute atomic E-state index is 0.460. The topological polar surface area (TPSA) is 0 Å². The van der Waals surface area contributed by atoms with Gasteiger partial charge in [-0.1, -0.05) is 71.8 Å². The lowest BCUT2D eigenvalue weighted by Gasteiger charge is -2.15. The number of allylic oxidation sites excluding steroid dienone is 4. The van der Waals surface area contributed by atoms with Crippen molar-refractivity contribution in [1.29, 1.82) is 0 Å². The zero-order valence-corrected chi connectivity index (χ0v) is 11.1. The number of benzene rings is 2. The van der Waals surface area contributed by atoms with Crippen LogP contribution in [0.15, 0.2) is 66.3 Å². The van der Waals surface area contributed by atoms with Gasteiger partial charge in [0.15, 0.2) is 0 Å². The maximum absolute atomic E-state index is 2.33. The van der Waals surface area contributed by atoms with Crippen LogP contribution in [0.1, 0.15) is 29.0 Å². The molecule has 1 atom stereocenters. The molecule has 0 nitrogen and oxygen atoms in total. The van der Waals surface area contributed by atoms with Crippen LogP contribution in [0.3, 0.4) is 0 Å². The summed E-state index contributed by atoms with van der Waals surface area (Å²) >= 11 is 0. The summed E-state index contributed by atoms with van der Waals surface area (Å²) in [6.45, 7) is 2.17. The predicted octanol–water partition coefficient (Wildman–Crippen LogP) is 4.99. The molecule has 0 saturated carbocycles.